The SMILES string of the molecule is CN(Cc1cccs1)C(=O)c1ccc(-n2ccnc2)c([N+](=O)[O-])c1. The third kappa shape index (κ3) is 3.18. The predicted octanol–water partition coefficient (Wildman–Crippen LogP) is 3.11. The van der Waals surface area contributed by atoms with Crippen LogP contribution < -0.4 is 0 Å². The first-order chi connectivity index (χ1) is 11.6. The molecule has 7 nitrogen and oxygen atoms in total. The lowest BCUT2D eigenvalue weighted by molar-refractivity contribution is -0.384. The van der Waals surface area contributed by atoms with E-state index >= 15 is 0 Å². The number of nitro groups is 1. The van der Waals surface area contributed by atoms with Crippen LogP contribution in [0, 0.1) is 10.1 Å². The average molecular weight is 342 g/mol. The second kappa shape index (κ2) is 6.63. The van der Waals surface area contributed by atoms with Crippen molar-refractivity contribution in [1.82, 2.24) is 14.5 Å². The molecule has 1 aromatic carbocycles. The lowest BCUT2D eigenvalue weighted by Crippen LogP contribution is -2.25. The van der Waals surface area contributed by atoms with E-state index in [2.05, 4.69) is 4.98 Å². The van der Waals surface area contributed by atoms with Crippen molar-refractivity contribution in [3.05, 3.63) is 75.0 Å². The van der Waals surface area contributed by atoms with Crippen LogP contribution in [0.5, 0.6) is 0 Å². The maximum atomic E-state index is 12.5. The molecule has 0 saturated heterocycles. The van der Waals surface area contributed by atoms with Crippen LogP contribution in [0.15, 0.2) is 54.4 Å². The summed E-state index contributed by atoms with van der Waals surface area (Å²) in [4.78, 5) is 29.9. The fourth-order valence-electron chi connectivity index (χ4n) is 2.35. The highest BCUT2D eigenvalue weighted by Gasteiger charge is 2.20. The van der Waals surface area contributed by atoms with Crippen LogP contribution in [0.4, 0.5) is 5.69 Å². The standard InChI is InChI=1S/C16H14N4O3S/c1-18(10-13-3-2-8-24-13)16(21)12-4-5-14(15(9-12)20(22)23)19-7-6-17-11-19/h2-9,11H,10H2,1H3. The molecular weight excluding hydrogens is 328 g/mol. The summed E-state index contributed by atoms with van der Waals surface area (Å²) in [6.45, 7) is 0.466. The number of benzene rings is 1. The number of rotatable bonds is 5. The smallest absolute Gasteiger partial charge is 0.294 e. The average Bonchev–Trinajstić information content (AvgIpc) is 3.27. The minimum atomic E-state index is -0.495. The molecule has 0 saturated carbocycles. The Morgan fingerprint density at radius 3 is 2.88 bits per heavy atom. The molecule has 2 heterocycles. The van der Waals surface area contributed by atoms with Crippen LogP contribution in [0.3, 0.4) is 0 Å². The molecule has 3 aromatic rings. The zero-order chi connectivity index (χ0) is 17.1. The van der Waals surface area contributed by atoms with Gasteiger partial charge in [-0.1, -0.05) is 6.07 Å². The zero-order valence-corrected chi connectivity index (χ0v) is 13.6. The van der Waals surface area contributed by atoms with Gasteiger partial charge in [-0.3, -0.25) is 14.9 Å². The summed E-state index contributed by atoms with van der Waals surface area (Å²) >= 11 is 1.56. The van der Waals surface area contributed by atoms with Gasteiger partial charge in [-0.05, 0) is 23.6 Å². The van der Waals surface area contributed by atoms with E-state index in [0.717, 1.165) is 4.88 Å². The Hall–Kier alpha value is -3.00. The number of hydrogen-bond acceptors (Lipinski definition) is 5. The van der Waals surface area contributed by atoms with Crippen molar-refractivity contribution in [2.45, 2.75) is 6.54 Å². The number of carbonyl (C=O) groups is 1. The Bertz CT molecular complexity index is 860. The minimum Gasteiger partial charge on any atom is -0.337 e. The Morgan fingerprint density at radius 1 is 1.42 bits per heavy atom. The highest BCUT2D eigenvalue weighted by molar-refractivity contribution is 7.09. The maximum absolute atomic E-state index is 12.5. The highest BCUT2D eigenvalue weighted by Crippen LogP contribution is 2.25. The van der Waals surface area contributed by atoms with E-state index in [-0.39, 0.29) is 17.2 Å². The van der Waals surface area contributed by atoms with E-state index in [4.69, 9.17) is 0 Å². The summed E-state index contributed by atoms with van der Waals surface area (Å²) in [6.07, 6.45) is 4.64. The summed E-state index contributed by atoms with van der Waals surface area (Å²) in [5, 5.41) is 13.3. The molecule has 0 aliphatic heterocycles. The molecule has 0 aliphatic carbocycles. The number of amides is 1. The van der Waals surface area contributed by atoms with Gasteiger partial charge in [-0.15, -0.1) is 11.3 Å². The van der Waals surface area contributed by atoms with E-state index in [1.54, 1.807) is 46.2 Å². The maximum Gasteiger partial charge on any atom is 0.294 e. The van der Waals surface area contributed by atoms with E-state index < -0.39 is 4.92 Å². The minimum absolute atomic E-state index is 0.136. The fraction of sp³-hybridized carbons (Fsp3) is 0.125. The molecule has 0 atom stereocenters. The van der Waals surface area contributed by atoms with E-state index in [1.807, 2.05) is 17.5 Å². The third-order valence-electron chi connectivity index (χ3n) is 3.52. The van der Waals surface area contributed by atoms with E-state index in [1.165, 1.54) is 18.6 Å². The van der Waals surface area contributed by atoms with Crippen molar-refractivity contribution in [2.75, 3.05) is 7.05 Å². The van der Waals surface area contributed by atoms with Gasteiger partial charge < -0.3 is 9.47 Å². The highest BCUT2D eigenvalue weighted by atomic mass is 32.1. The van der Waals surface area contributed by atoms with Gasteiger partial charge in [-0.2, -0.15) is 0 Å². The molecule has 0 fully saturated rings. The lowest BCUT2D eigenvalue weighted by Gasteiger charge is -2.16. The Balaban J connectivity index is 1.89. The van der Waals surface area contributed by atoms with E-state index in [9.17, 15) is 14.9 Å². The second-order valence-corrected chi connectivity index (χ2v) is 6.20. The first-order valence-corrected chi connectivity index (χ1v) is 7.99. The fourth-order valence-corrected chi connectivity index (χ4v) is 3.11. The third-order valence-corrected chi connectivity index (χ3v) is 4.38. The molecule has 122 valence electrons. The topological polar surface area (TPSA) is 81.3 Å². The number of carbonyl (C=O) groups excluding carboxylic acids is 1. The van der Waals surface area contributed by atoms with Gasteiger partial charge in [-0.25, -0.2) is 4.98 Å². The number of nitro benzene ring substituents is 1. The number of hydrogen-bond donors (Lipinski definition) is 0. The number of nitrogens with zero attached hydrogens (tertiary/aromatic N) is 4. The molecule has 0 aliphatic rings. The van der Waals surface area contributed by atoms with Crippen molar-refractivity contribution in [3.8, 4) is 5.69 Å². The number of aromatic nitrogens is 2. The van der Waals surface area contributed by atoms with Gasteiger partial charge in [0.05, 0.1) is 17.8 Å². The van der Waals surface area contributed by atoms with Crippen LogP contribution in [-0.2, 0) is 6.54 Å². The second-order valence-electron chi connectivity index (χ2n) is 5.17. The van der Waals surface area contributed by atoms with Crippen molar-refractivity contribution in [2.24, 2.45) is 0 Å². The van der Waals surface area contributed by atoms with Gasteiger partial charge in [0, 0.05) is 35.9 Å². The lowest BCUT2D eigenvalue weighted by atomic mass is 10.1. The summed E-state index contributed by atoms with van der Waals surface area (Å²) in [5.41, 5.74) is 0.517. The van der Waals surface area contributed by atoms with E-state index in [0.29, 0.717) is 12.2 Å². The van der Waals surface area contributed by atoms with Gasteiger partial charge in [0.2, 0.25) is 0 Å². The predicted molar refractivity (Wildman–Crippen MR) is 90.3 cm³/mol. The molecule has 0 N–H and O–H groups in total. The van der Waals surface area contributed by atoms with Gasteiger partial charge in [0.1, 0.15) is 5.69 Å². The van der Waals surface area contributed by atoms with Crippen molar-refractivity contribution >= 4 is 22.9 Å². The Labute approximate surface area is 141 Å². The molecule has 8 heteroatoms. The zero-order valence-electron chi connectivity index (χ0n) is 12.8. The van der Waals surface area contributed by atoms with Crippen LogP contribution in [0.1, 0.15) is 15.2 Å². The van der Waals surface area contributed by atoms with Gasteiger partial charge >= 0.3 is 0 Å². The van der Waals surface area contributed by atoms with Crippen molar-refractivity contribution in [1.29, 1.82) is 0 Å². The molecule has 0 unspecified atom stereocenters. The molecule has 0 bridgehead atoms. The molecule has 3 rings (SSSR count). The first kappa shape index (κ1) is 15.9. The summed E-state index contributed by atoms with van der Waals surface area (Å²) in [5.74, 6) is -0.260. The molecule has 0 spiro atoms. The molecule has 0 radical (unpaired) electrons. The molecule has 1 amide bonds. The van der Waals surface area contributed by atoms with Crippen molar-refractivity contribution in [3.63, 3.8) is 0 Å². The van der Waals surface area contributed by atoms with Gasteiger partial charge in [0.25, 0.3) is 11.6 Å². The van der Waals surface area contributed by atoms with Crippen LogP contribution in [0.2, 0.25) is 0 Å². The van der Waals surface area contributed by atoms with Crippen LogP contribution >= 0.6 is 11.3 Å². The molecule has 2 aromatic heterocycles. The Morgan fingerprint density at radius 2 is 2.25 bits per heavy atom. The number of thiophene rings is 1. The normalized spacial score (nSPS) is 10.5. The summed E-state index contributed by atoms with van der Waals surface area (Å²) < 4.78 is 1.54. The molecule has 24 heavy (non-hydrogen) atoms. The van der Waals surface area contributed by atoms with Gasteiger partial charge in [0.15, 0.2) is 0 Å². The quantitative estimate of drug-likeness (QED) is 0.527. The number of imidazole rings is 1. The summed E-state index contributed by atoms with van der Waals surface area (Å²) in [6, 6.07) is 8.33. The monoisotopic (exact) mass is 342 g/mol. The summed E-state index contributed by atoms with van der Waals surface area (Å²) in [7, 11) is 1.68. The van der Waals surface area contributed by atoms with Crippen LogP contribution in [-0.4, -0.2) is 32.3 Å². The van der Waals surface area contributed by atoms with Crippen LogP contribution in [0.25, 0.3) is 5.69 Å². The molecular formula is C16H14N4O3S. The Kier molecular flexibility index (Phi) is 4.39. The van der Waals surface area contributed by atoms with Crippen molar-refractivity contribution < 1.29 is 9.72 Å². The largest absolute Gasteiger partial charge is 0.337 e. The first-order valence-electron chi connectivity index (χ1n) is 7.11.